The Kier molecular flexibility index (Phi) is 6.37. The lowest BCUT2D eigenvalue weighted by Crippen LogP contribution is -2.08. The van der Waals surface area contributed by atoms with E-state index in [4.69, 9.17) is 4.74 Å². The van der Waals surface area contributed by atoms with Crippen molar-refractivity contribution in [2.24, 2.45) is 0 Å². The van der Waals surface area contributed by atoms with E-state index in [1.165, 1.54) is 6.07 Å². The van der Waals surface area contributed by atoms with Gasteiger partial charge in [0.1, 0.15) is 12.4 Å². The molecule has 4 heteroatoms. The van der Waals surface area contributed by atoms with E-state index in [1.807, 2.05) is 6.92 Å². The molecule has 0 aliphatic carbocycles. The lowest BCUT2D eigenvalue weighted by molar-refractivity contribution is -0.124. The van der Waals surface area contributed by atoms with Crippen LogP contribution in [0.4, 0.5) is 4.39 Å². The number of hydrogen-bond acceptors (Lipinski definition) is 2. The number of hydrogen-bond donors (Lipinski definition) is 0. The van der Waals surface area contributed by atoms with Crippen molar-refractivity contribution in [3.63, 3.8) is 0 Å². The molecule has 0 unspecified atom stereocenters. The first-order valence-electron chi connectivity index (χ1n) is 5.67. The zero-order chi connectivity index (χ0) is 12.7. The molecule has 0 saturated carbocycles. The van der Waals surface area contributed by atoms with E-state index >= 15 is 0 Å². The second kappa shape index (κ2) is 7.56. The molecular formula is C13H16BrFO2. The van der Waals surface area contributed by atoms with Crippen molar-refractivity contribution >= 4 is 21.7 Å². The van der Waals surface area contributed by atoms with E-state index < -0.39 is 0 Å². The van der Waals surface area contributed by atoms with Crippen molar-refractivity contribution in [3.05, 3.63) is 34.1 Å². The summed E-state index contributed by atoms with van der Waals surface area (Å²) >= 11 is 3.08. The molecule has 17 heavy (non-hydrogen) atoms. The van der Waals surface area contributed by atoms with Gasteiger partial charge in [-0.25, -0.2) is 4.39 Å². The predicted octanol–water partition coefficient (Wildman–Crippen LogP) is 3.86. The molecule has 0 aliphatic heterocycles. The smallest absolute Gasteiger partial charge is 0.158 e. The van der Waals surface area contributed by atoms with Crippen LogP contribution in [0, 0.1) is 5.82 Å². The Morgan fingerprint density at radius 3 is 2.88 bits per heavy atom. The van der Waals surface area contributed by atoms with Gasteiger partial charge in [-0.15, -0.1) is 0 Å². The molecule has 0 aliphatic rings. The first-order valence-corrected chi connectivity index (χ1v) is 6.46. The monoisotopic (exact) mass is 302 g/mol. The molecule has 1 aromatic carbocycles. The maximum atomic E-state index is 13.2. The van der Waals surface area contributed by atoms with Gasteiger partial charge in [-0.05, 0) is 40.0 Å². The number of carbonyl (C=O) groups is 1. The third kappa shape index (κ3) is 5.41. The molecule has 94 valence electrons. The fourth-order valence-corrected chi connectivity index (χ4v) is 1.60. The maximum Gasteiger partial charge on any atom is 0.158 e. The first kappa shape index (κ1) is 14.3. The van der Waals surface area contributed by atoms with Crippen LogP contribution < -0.4 is 0 Å². The summed E-state index contributed by atoms with van der Waals surface area (Å²) in [7, 11) is 0. The zero-order valence-electron chi connectivity index (χ0n) is 9.84. The van der Waals surface area contributed by atoms with Crippen molar-refractivity contribution in [1.29, 1.82) is 0 Å². The SMILES string of the molecule is CCCCC(=O)COCc1ccc(Br)c(F)c1. The van der Waals surface area contributed by atoms with Gasteiger partial charge in [0, 0.05) is 6.42 Å². The number of Topliss-reactive ketones (excluding diaryl/α,β-unsaturated/α-hetero) is 1. The standard InChI is InChI=1S/C13H16BrFO2/c1-2-3-4-11(16)9-17-8-10-5-6-12(14)13(15)7-10/h5-7H,2-4,8-9H2,1H3. The molecule has 0 aromatic heterocycles. The predicted molar refractivity (Wildman–Crippen MR) is 68.3 cm³/mol. The lowest BCUT2D eigenvalue weighted by atomic mass is 10.2. The summed E-state index contributed by atoms with van der Waals surface area (Å²) < 4.78 is 18.8. The fourth-order valence-electron chi connectivity index (χ4n) is 1.36. The third-order valence-corrected chi connectivity index (χ3v) is 2.97. The lowest BCUT2D eigenvalue weighted by Gasteiger charge is -2.04. The highest BCUT2D eigenvalue weighted by Crippen LogP contribution is 2.16. The minimum absolute atomic E-state index is 0.101. The van der Waals surface area contributed by atoms with Crippen LogP contribution in [-0.4, -0.2) is 12.4 Å². The largest absolute Gasteiger partial charge is 0.369 e. The average molecular weight is 303 g/mol. The summed E-state index contributed by atoms with van der Waals surface area (Å²) in [6.07, 6.45) is 2.46. The maximum absolute atomic E-state index is 13.2. The van der Waals surface area contributed by atoms with Crippen LogP contribution in [0.15, 0.2) is 22.7 Å². The highest BCUT2D eigenvalue weighted by molar-refractivity contribution is 9.10. The number of ketones is 1. The molecule has 2 nitrogen and oxygen atoms in total. The number of halogens is 2. The van der Waals surface area contributed by atoms with E-state index in [0.29, 0.717) is 10.9 Å². The Hall–Kier alpha value is -0.740. The molecule has 0 spiro atoms. The summed E-state index contributed by atoms with van der Waals surface area (Å²) in [5, 5.41) is 0. The second-order valence-electron chi connectivity index (χ2n) is 3.88. The van der Waals surface area contributed by atoms with Crippen LogP contribution in [0.5, 0.6) is 0 Å². The zero-order valence-corrected chi connectivity index (χ0v) is 11.4. The van der Waals surface area contributed by atoms with Gasteiger partial charge in [0.25, 0.3) is 0 Å². The molecule has 1 aromatic rings. The van der Waals surface area contributed by atoms with Crippen molar-refractivity contribution in [3.8, 4) is 0 Å². The van der Waals surface area contributed by atoms with Crippen molar-refractivity contribution in [2.45, 2.75) is 32.8 Å². The van der Waals surface area contributed by atoms with E-state index in [9.17, 15) is 9.18 Å². The van der Waals surface area contributed by atoms with Crippen LogP contribution in [0.2, 0.25) is 0 Å². The summed E-state index contributed by atoms with van der Waals surface area (Å²) in [5.41, 5.74) is 0.731. The Morgan fingerprint density at radius 1 is 1.47 bits per heavy atom. The summed E-state index contributed by atoms with van der Waals surface area (Å²) in [4.78, 5) is 11.3. The highest BCUT2D eigenvalue weighted by atomic mass is 79.9. The van der Waals surface area contributed by atoms with Crippen molar-refractivity contribution in [1.82, 2.24) is 0 Å². The summed E-state index contributed by atoms with van der Waals surface area (Å²) in [6, 6.07) is 4.80. The van der Waals surface area contributed by atoms with Gasteiger partial charge in [0.2, 0.25) is 0 Å². The number of rotatable bonds is 7. The number of unbranched alkanes of at least 4 members (excludes halogenated alkanes) is 1. The quantitative estimate of drug-likeness (QED) is 0.764. The van der Waals surface area contributed by atoms with Gasteiger partial charge < -0.3 is 4.74 Å². The normalized spacial score (nSPS) is 10.5. The third-order valence-electron chi connectivity index (χ3n) is 2.32. The van der Waals surface area contributed by atoms with Crippen molar-refractivity contribution in [2.75, 3.05) is 6.61 Å². The first-order chi connectivity index (χ1) is 8.13. The molecular weight excluding hydrogens is 287 g/mol. The fraction of sp³-hybridized carbons (Fsp3) is 0.462. The Balaban J connectivity index is 2.30. The van der Waals surface area contributed by atoms with Crippen LogP contribution >= 0.6 is 15.9 Å². The molecule has 0 heterocycles. The van der Waals surface area contributed by atoms with E-state index in [2.05, 4.69) is 15.9 Å². The Labute approximate surface area is 109 Å². The minimum Gasteiger partial charge on any atom is -0.369 e. The van der Waals surface area contributed by atoms with E-state index in [0.717, 1.165) is 18.4 Å². The van der Waals surface area contributed by atoms with Gasteiger partial charge >= 0.3 is 0 Å². The van der Waals surface area contributed by atoms with Gasteiger partial charge in [0.15, 0.2) is 5.78 Å². The molecule has 0 N–H and O–H groups in total. The number of ether oxygens (including phenoxy) is 1. The van der Waals surface area contributed by atoms with E-state index in [1.54, 1.807) is 12.1 Å². The van der Waals surface area contributed by atoms with Gasteiger partial charge in [0.05, 0.1) is 11.1 Å². The van der Waals surface area contributed by atoms with Gasteiger partial charge in [-0.2, -0.15) is 0 Å². The Bertz CT molecular complexity index is 380. The molecule has 0 atom stereocenters. The topological polar surface area (TPSA) is 26.3 Å². The Morgan fingerprint density at radius 2 is 2.24 bits per heavy atom. The van der Waals surface area contributed by atoms with Crippen LogP contribution in [0.1, 0.15) is 31.7 Å². The van der Waals surface area contributed by atoms with Gasteiger partial charge in [-0.1, -0.05) is 19.4 Å². The molecule has 0 saturated heterocycles. The average Bonchev–Trinajstić information content (AvgIpc) is 2.31. The molecule has 1 rings (SSSR count). The molecule has 0 amide bonds. The van der Waals surface area contributed by atoms with E-state index in [-0.39, 0.29) is 24.8 Å². The highest BCUT2D eigenvalue weighted by Gasteiger charge is 2.03. The van der Waals surface area contributed by atoms with Crippen LogP contribution in [-0.2, 0) is 16.1 Å². The molecule has 0 bridgehead atoms. The molecule has 0 fully saturated rings. The van der Waals surface area contributed by atoms with Crippen LogP contribution in [0.3, 0.4) is 0 Å². The summed E-state index contributed by atoms with van der Waals surface area (Å²) in [6.45, 7) is 2.42. The minimum atomic E-state index is -0.316. The number of benzene rings is 1. The van der Waals surface area contributed by atoms with Gasteiger partial charge in [-0.3, -0.25) is 4.79 Å². The van der Waals surface area contributed by atoms with Crippen molar-refractivity contribution < 1.29 is 13.9 Å². The molecule has 0 radical (unpaired) electrons. The second-order valence-corrected chi connectivity index (χ2v) is 4.74. The summed E-state index contributed by atoms with van der Waals surface area (Å²) in [5.74, 6) is -0.215. The van der Waals surface area contributed by atoms with Crippen LogP contribution in [0.25, 0.3) is 0 Å². The number of carbonyl (C=O) groups excluding carboxylic acids is 1.